The summed E-state index contributed by atoms with van der Waals surface area (Å²) in [5.41, 5.74) is 0. The molecule has 1 rings (SSSR count). The number of benzene rings is 1. The minimum atomic E-state index is 0.172. The van der Waals surface area contributed by atoms with Crippen molar-refractivity contribution in [3.05, 3.63) is 29.3 Å². The Balaban J connectivity index is 2.16. The van der Waals surface area contributed by atoms with Crippen LogP contribution >= 0.6 is 23.4 Å². The van der Waals surface area contributed by atoms with Crippen molar-refractivity contribution in [3.63, 3.8) is 0 Å². The van der Waals surface area contributed by atoms with Crippen LogP contribution in [0, 0.1) is 0 Å². The maximum atomic E-state index is 11.7. The Bertz CT molecular complexity index is 376. The Morgan fingerprint density at radius 1 is 1.26 bits per heavy atom. The highest BCUT2D eigenvalue weighted by molar-refractivity contribution is 7.99. The van der Waals surface area contributed by atoms with Crippen molar-refractivity contribution in [2.75, 3.05) is 5.75 Å². The highest BCUT2D eigenvalue weighted by atomic mass is 35.5. The van der Waals surface area contributed by atoms with E-state index in [0.717, 1.165) is 30.0 Å². The molecular weight excluding hydrogens is 278 g/mol. The largest absolute Gasteiger partial charge is 0.353 e. The lowest BCUT2D eigenvalue weighted by atomic mass is 10.1. The van der Waals surface area contributed by atoms with E-state index in [0.29, 0.717) is 12.5 Å². The Hall–Kier alpha value is -0.670. The number of halogens is 1. The molecule has 4 heteroatoms. The highest BCUT2D eigenvalue weighted by Gasteiger charge is 2.07. The van der Waals surface area contributed by atoms with Crippen LogP contribution in [0.3, 0.4) is 0 Å². The summed E-state index contributed by atoms with van der Waals surface area (Å²) < 4.78 is 0. The Labute approximate surface area is 125 Å². The molecule has 0 saturated heterocycles. The first-order chi connectivity index (χ1) is 9.15. The molecule has 1 aromatic carbocycles. The van der Waals surface area contributed by atoms with E-state index in [1.807, 2.05) is 24.3 Å². The smallest absolute Gasteiger partial charge is 0.220 e. The maximum Gasteiger partial charge on any atom is 0.220 e. The normalized spacial score (nSPS) is 10.7. The van der Waals surface area contributed by atoms with Gasteiger partial charge in [0.05, 0.1) is 0 Å². The lowest BCUT2D eigenvalue weighted by Gasteiger charge is -2.14. The molecule has 2 nitrogen and oxygen atoms in total. The van der Waals surface area contributed by atoms with E-state index < -0.39 is 0 Å². The number of carbonyl (C=O) groups is 1. The number of hydrogen-bond acceptors (Lipinski definition) is 2. The standard InChI is InChI=1S/C15H22ClNOS/c1-3-13(4-2)17-15(18)6-5-11-19-14-9-7-12(16)8-10-14/h7-10,13H,3-6,11H2,1-2H3,(H,17,18). The Kier molecular flexibility index (Phi) is 7.99. The lowest BCUT2D eigenvalue weighted by molar-refractivity contribution is -0.121. The SMILES string of the molecule is CCC(CC)NC(=O)CCCSc1ccc(Cl)cc1. The number of nitrogens with one attached hydrogen (secondary N) is 1. The van der Waals surface area contributed by atoms with Crippen LogP contribution < -0.4 is 5.32 Å². The Morgan fingerprint density at radius 2 is 1.89 bits per heavy atom. The third-order valence-corrected chi connectivity index (χ3v) is 4.33. The molecule has 1 N–H and O–H groups in total. The zero-order chi connectivity index (χ0) is 14.1. The number of thioether (sulfide) groups is 1. The van der Waals surface area contributed by atoms with Gasteiger partial charge in [-0.3, -0.25) is 4.79 Å². The fourth-order valence-electron chi connectivity index (χ4n) is 1.75. The van der Waals surface area contributed by atoms with Crippen LogP contribution in [0.5, 0.6) is 0 Å². The molecule has 1 aromatic rings. The molecule has 1 amide bonds. The summed E-state index contributed by atoms with van der Waals surface area (Å²) >= 11 is 7.59. The van der Waals surface area contributed by atoms with Gasteiger partial charge in [0.15, 0.2) is 0 Å². The van der Waals surface area contributed by atoms with Gasteiger partial charge in [0, 0.05) is 22.4 Å². The van der Waals surface area contributed by atoms with Gasteiger partial charge in [-0.25, -0.2) is 0 Å². The molecule has 0 radical (unpaired) electrons. The number of amides is 1. The van der Waals surface area contributed by atoms with Crippen LogP contribution in [0.15, 0.2) is 29.2 Å². The minimum Gasteiger partial charge on any atom is -0.353 e. The lowest BCUT2D eigenvalue weighted by Crippen LogP contribution is -2.33. The summed E-state index contributed by atoms with van der Waals surface area (Å²) in [5.74, 6) is 1.13. The van der Waals surface area contributed by atoms with Gasteiger partial charge in [0.25, 0.3) is 0 Å². The molecule has 0 aromatic heterocycles. The van der Waals surface area contributed by atoms with Gasteiger partial charge in [-0.1, -0.05) is 25.4 Å². The quantitative estimate of drug-likeness (QED) is 0.565. The van der Waals surface area contributed by atoms with E-state index in [9.17, 15) is 4.79 Å². The third-order valence-electron chi connectivity index (χ3n) is 2.98. The maximum absolute atomic E-state index is 11.7. The van der Waals surface area contributed by atoms with Crippen molar-refractivity contribution >= 4 is 29.3 Å². The summed E-state index contributed by atoms with van der Waals surface area (Å²) in [6, 6.07) is 8.14. The molecule has 0 atom stereocenters. The molecule has 106 valence electrons. The summed E-state index contributed by atoms with van der Waals surface area (Å²) in [4.78, 5) is 12.9. The molecule has 0 heterocycles. The molecule has 0 fully saturated rings. The van der Waals surface area contributed by atoms with Gasteiger partial charge in [-0.05, 0) is 49.3 Å². The van der Waals surface area contributed by atoms with E-state index >= 15 is 0 Å². The summed E-state index contributed by atoms with van der Waals surface area (Å²) in [6.45, 7) is 4.20. The summed E-state index contributed by atoms with van der Waals surface area (Å²) in [7, 11) is 0. The van der Waals surface area contributed by atoms with Crippen molar-refractivity contribution in [1.29, 1.82) is 0 Å². The van der Waals surface area contributed by atoms with Gasteiger partial charge in [-0.15, -0.1) is 11.8 Å². The zero-order valence-corrected chi connectivity index (χ0v) is 13.2. The van der Waals surface area contributed by atoms with Crippen molar-refractivity contribution in [1.82, 2.24) is 5.32 Å². The van der Waals surface area contributed by atoms with E-state index in [1.54, 1.807) is 11.8 Å². The topological polar surface area (TPSA) is 29.1 Å². The molecule has 19 heavy (non-hydrogen) atoms. The van der Waals surface area contributed by atoms with Crippen LogP contribution in [-0.2, 0) is 4.79 Å². The average molecular weight is 300 g/mol. The number of carbonyl (C=O) groups excluding carboxylic acids is 1. The molecule has 0 bridgehead atoms. The second-order valence-electron chi connectivity index (χ2n) is 4.49. The molecule has 0 aliphatic rings. The molecule has 0 aliphatic heterocycles. The monoisotopic (exact) mass is 299 g/mol. The predicted octanol–water partition coefficient (Wildman–Crippen LogP) is 4.52. The van der Waals surface area contributed by atoms with Crippen LogP contribution in [0.4, 0.5) is 0 Å². The molecule has 0 unspecified atom stereocenters. The first-order valence-corrected chi connectivity index (χ1v) is 8.19. The van der Waals surface area contributed by atoms with Crippen molar-refractivity contribution in [3.8, 4) is 0 Å². The number of rotatable bonds is 8. The average Bonchev–Trinajstić information content (AvgIpc) is 2.43. The fraction of sp³-hybridized carbons (Fsp3) is 0.533. The van der Waals surface area contributed by atoms with Gasteiger partial charge < -0.3 is 5.32 Å². The molecule has 0 aliphatic carbocycles. The predicted molar refractivity (Wildman–Crippen MR) is 83.9 cm³/mol. The van der Waals surface area contributed by atoms with Gasteiger partial charge in [0.2, 0.25) is 5.91 Å². The van der Waals surface area contributed by atoms with Gasteiger partial charge in [-0.2, -0.15) is 0 Å². The third kappa shape index (κ3) is 6.88. The van der Waals surface area contributed by atoms with Gasteiger partial charge in [0.1, 0.15) is 0 Å². The van der Waals surface area contributed by atoms with Crippen molar-refractivity contribution in [2.45, 2.75) is 50.5 Å². The summed E-state index contributed by atoms with van der Waals surface area (Å²) in [5, 5.41) is 3.82. The van der Waals surface area contributed by atoms with Crippen LogP contribution in [0.25, 0.3) is 0 Å². The first-order valence-electron chi connectivity index (χ1n) is 6.83. The van der Waals surface area contributed by atoms with Crippen LogP contribution in [-0.4, -0.2) is 17.7 Å². The van der Waals surface area contributed by atoms with Crippen molar-refractivity contribution < 1.29 is 4.79 Å². The van der Waals surface area contributed by atoms with Gasteiger partial charge >= 0.3 is 0 Å². The molecule has 0 saturated carbocycles. The molecular formula is C15H22ClNOS. The summed E-state index contributed by atoms with van der Waals surface area (Å²) in [6.07, 6.45) is 3.51. The number of hydrogen-bond donors (Lipinski definition) is 1. The second kappa shape index (κ2) is 9.27. The van der Waals surface area contributed by atoms with E-state index in [-0.39, 0.29) is 5.91 Å². The van der Waals surface area contributed by atoms with E-state index in [1.165, 1.54) is 4.90 Å². The van der Waals surface area contributed by atoms with Crippen LogP contribution in [0.2, 0.25) is 5.02 Å². The van der Waals surface area contributed by atoms with E-state index in [4.69, 9.17) is 11.6 Å². The second-order valence-corrected chi connectivity index (χ2v) is 6.09. The fourth-order valence-corrected chi connectivity index (χ4v) is 2.73. The Morgan fingerprint density at radius 3 is 2.47 bits per heavy atom. The first kappa shape index (κ1) is 16.4. The molecule has 0 spiro atoms. The highest BCUT2D eigenvalue weighted by Crippen LogP contribution is 2.21. The van der Waals surface area contributed by atoms with E-state index in [2.05, 4.69) is 19.2 Å². The van der Waals surface area contributed by atoms with Crippen LogP contribution in [0.1, 0.15) is 39.5 Å². The van der Waals surface area contributed by atoms with Crippen molar-refractivity contribution in [2.24, 2.45) is 0 Å². The minimum absolute atomic E-state index is 0.172. The zero-order valence-electron chi connectivity index (χ0n) is 11.6.